The van der Waals surface area contributed by atoms with Crippen molar-refractivity contribution >= 4 is 5.97 Å². The van der Waals surface area contributed by atoms with Gasteiger partial charge in [0.2, 0.25) is 0 Å². The molecule has 0 aliphatic rings. The Bertz CT molecular complexity index is 453. The Labute approximate surface area is 230 Å². The third-order valence-electron chi connectivity index (χ3n) is 5.47. The highest BCUT2D eigenvalue weighted by Crippen LogP contribution is 2.10. The normalized spacial score (nSPS) is 11.4. The van der Waals surface area contributed by atoms with Crippen molar-refractivity contribution in [1.29, 1.82) is 0 Å². The fraction of sp³-hybridized carbons (Fsp3) is 0.964. The minimum Gasteiger partial charge on any atom is -0.480 e. The number of rotatable bonds is 34. The summed E-state index contributed by atoms with van der Waals surface area (Å²) in [4.78, 5) is 10.3. The summed E-state index contributed by atoms with van der Waals surface area (Å²) in [5, 5.41) is 8.41. The SMILES string of the molecule is CCCCCCCCCCCCOCCOCCOCCOCCOCCOCCOCCOCC(=O)O. The van der Waals surface area contributed by atoms with Gasteiger partial charge in [-0.15, -0.1) is 0 Å². The predicted octanol–water partition coefficient (Wildman–Crippen LogP) is 4.12. The van der Waals surface area contributed by atoms with E-state index in [1.165, 1.54) is 57.8 Å². The summed E-state index contributed by atoms with van der Waals surface area (Å²) in [6, 6.07) is 0. The van der Waals surface area contributed by atoms with Crippen molar-refractivity contribution in [2.45, 2.75) is 71.1 Å². The van der Waals surface area contributed by atoms with E-state index in [0.717, 1.165) is 13.0 Å². The van der Waals surface area contributed by atoms with E-state index in [1.54, 1.807) is 0 Å². The standard InChI is InChI=1S/C28H56O10/c1-2-3-4-5-6-7-8-9-10-11-12-31-13-14-32-15-16-33-17-18-34-19-20-35-21-22-36-23-24-37-25-26-38-27-28(29)30/h2-27H2,1H3,(H,29,30). The van der Waals surface area contributed by atoms with Crippen LogP contribution in [0.3, 0.4) is 0 Å². The van der Waals surface area contributed by atoms with Crippen molar-refractivity contribution in [1.82, 2.24) is 0 Å². The summed E-state index contributed by atoms with van der Waals surface area (Å²) in [7, 11) is 0. The smallest absolute Gasteiger partial charge is 0.329 e. The topological polar surface area (TPSA) is 111 Å². The lowest BCUT2D eigenvalue weighted by Gasteiger charge is -2.08. The molecule has 10 heteroatoms. The van der Waals surface area contributed by atoms with Gasteiger partial charge < -0.3 is 43.0 Å². The van der Waals surface area contributed by atoms with Crippen molar-refractivity contribution in [3.8, 4) is 0 Å². The van der Waals surface area contributed by atoms with Gasteiger partial charge in [-0.1, -0.05) is 64.7 Å². The van der Waals surface area contributed by atoms with E-state index in [1.807, 2.05) is 0 Å². The minimum atomic E-state index is -0.987. The Kier molecular flexibility index (Phi) is 33.4. The summed E-state index contributed by atoms with van der Waals surface area (Å²) in [5.41, 5.74) is 0. The second kappa shape index (κ2) is 34.2. The van der Waals surface area contributed by atoms with Crippen LogP contribution >= 0.6 is 0 Å². The van der Waals surface area contributed by atoms with E-state index >= 15 is 0 Å². The van der Waals surface area contributed by atoms with E-state index in [-0.39, 0.29) is 13.2 Å². The molecule has 0 saturated carbocycles. The van der Waals surface area contributed by atoms with Crippen molar-refractivity contribution in [2.24, 2.45) is 0 Å². The van der Waals surface area contributed by atoms with Gasteiger partial charge in [0.1, 0.15) is 6.61 Å². The van der Waals surface area contributed by atoms with Crippen LogP contribution in [0.4, 0.5) is 0 Å². The molecule has 0 spiro atoms. The zero-order chi connectivity index (χ0) is 27.6. The summed E-state index contributed by atoms with van der Waals surface area (Å²) >= 11 is 0. The maximum atomic E-state index is 10.3. The summed E-state index contributed by atoms with van der Waals surface area (Å²) in [6.45, 7) is 9.66. The highest BCUT2D eigenvalue weighted by Gasteiger charge is 1.97. The molecule has 38 heavy (non-hydrogen) atoms. The molecule has 0 aliphatic heterocycles. The van der Waals surface area contributed by atoms with Crippen LogP contribution in [-0.2, 0) is 42.7 Å². The van der Waals surface area contributed by atoms with Gasteiger partial charge >= 0.3 is 5.97 Å². The van der Waals surface area contributed by atoms with Crippen LogP contribution in [0, 0.1) is 0 Å². The van der Waals surface area contributed by atoms with Crippen LogP contribution < -0.4 is 0 Å². The fourth-order valence-corrected chi connectivity index (χ4v) is 3.39. The Balaban J connectivity index is 3.02. The molecule has 0 rings (SSSR count). The molecule has 0 aromatic heterocycles. The monoisotopic (exact) mass is 552 g/mol. The highest BCUT2D eigenvalue weighted by atomic mass is 16.6. The van der Waals surface area contributed by atoms with E-state index in [4.69, 9.17) is 43.0 Å². The van der Waals surface area contributed by atoms with Crippen LogP contribution in [-0.4, -0.2) is 117 Å². The summed E-state index contributed by atoms with van der Waals surface area (Å²) in [5.74, 6) is -0.987. The first kappa shape index (κ1) is 37.1. The molecular weight excluding hydrogens is 496 g/mol. The third-order valence-corrected chi connectivity index (χ3v) is 5.47. The average molecular weight is 553 g/mol. The molecule has 0 aromatic carbocycles. The number of unbranched alkanes of at least 4 members (excludes halogenated alkanes) is 9. The molecule has 1 N–H and O–H groups in total. The number of carbonyl (C=O) groups is 1. The molecule has 0 atom stereocenters. The summed E-state index contributed by atoms with van der Waals surface area (Å²) < 4.78 is 42.9. The van der Waals surface area contributed by atoms with Gasteiger partial charge in [0.15, 0.2) is 0 Å². The van der Waals surface area contributed by atoms with Crippen LogP contribution in [0.25, 0.3) is 0 Å². The second-order valence-electron chi connectivity index (χ2n) is 8.91. The van der Waals surface area contributed by atoms with E-state index < -0.39 is 5.97 Å². The molecule has 0 aromatic rings. The highest BCUT2D eigenvalue weighted by molar-refractivity contribution is 5.67. The van der Waals surface area contributed by atoms with Crippen molar-refractivity contribution in [2.75, 3.05) is 106 Å². The first-order valence-electron chi connectivity index (χ1n) is 14.6. The van der Waals surface area contributed by atoms with Crippen LogP contribution in [0.1, 0.15) is 71.1 Å². The van der Waals surface area contributed by atoms with Gasteiger partial charge in [0, 0.05) is 6.61 Å². The zero-order valence-electron chi connectivity index (χ0n) is 24.0. The average Bonchev–Trinajstić information content (AvgIpc) is 2.91. The molecule has 228 valence electrons. The second-order valence-corrected chi connectivity index (χ2v) is 8.91. The van der Waals surface area contributed by atoms with Gasteiger partial charge in [-0.2, -0.15) is 0 Å². The largest absolute Gasteiger partial charge is 0.480 e. The Morgan fingerprint density at radius 1 is 0.395 bits per heavy atom. The molecule has 0 radical (unpaired) electrons. The van der Waals surface area contributed by atoms with Crippen molar-refractivity contribution < 1.29 is 47.8 Å². The Hall–Kier alpha value is -0.850. The Morgan fingerprint density at radius 2 is 0.658 bits per heavy atom. The number of ether oxygens (including phenoxy) is 8. The predicted molar refractivity (Wildman–Crippen MR) is 146 cm³/mol. The zero-order valence-corrected chi connectivity index (χ0v) is 24.0. The van der Waals surface area contributed by atoms with Gasteiger partial charge in [-0.05, 0) is 6.42 Å². The molecule has 0 saturated heterocycles. The first-order chi connectivity index (χ1) is 18.8. The number of carboxylic acid groups (broad SMARTS) is 1. The fourth-order valence-electron chi connectivity index (χ4n) is 3.39. The number of aliphatic carboxylic acids is 1. The van der Waals surface area contributed by atoms with Gasteiger partial charge in [-0.25, -0.2) is 4.79 Å². The van der Waals surface area contributed by atoms with Gasteiger partial charge in [-0.3, -0.25) is 0 Å². The Morgan fingerprint density at radius 3 is 0.974 bits per heavy atom. The lowest BCUT2D eigenvalue weighted by molar-refractivity contribution is -0.142. The molecule has 0 bridgehead atoms. The number of hydrogen-bond donors (Lipinski definition) is 1. The first-order valence-corrected chi connectivity index (χ1v) is 14.6. The van der Waals surface area contributed by atoms with Crippen LogP contribution in [0.15, 0.2) is 0 Å². The molecule has 0 heterocycles. The van der Waals surface area contributed by atoms with Gasteiger partial charge in [0.05, 0.1) is 92.5 Å². The quantitative estimate of drug-likeness (QED) is 0.117. The molecule has 0 aliphatic carbocycles. The van der Waals surface area contributed by atoms with E-state index in [9.17, 15) is 4.79 Å². The third kappa shape index (κ3) is 35.2. The van der Waals surface area contributed by atoms with Crippen molar-refractivity contribution in [3.63, 3.8) is 0 Å². The molecular formula is C28H56O10. The minimum absolute atomic E-state index is 0.253. The molecule has 0 fully saturated rings. The van der Waals surface area contributed by atoms with Gasteiger partial charge in [0.25, 0.3) is 0 Å². The molecule has 0 amide bonds. The van der Waals surface area contributed by atoms with E-state index in [2.05, 4.69) is 6.92 Å². The maximum Gasteiger partial charge on any atom is 0.329 e. The van der Waals surface area contributed by atoms with Crippen molar-refractivity contribution in [3.05, 3.63) is 0 Å². The van der Waals surface area contributed by atoms with E-state index in [0.29, 0.717) is 85.9 Å². The molecule has 0 unspecified atom stereocenters. The number of hydrogen-bond acceptors (Lipinski definition) is 9. The number of carboxylic acids is 1. The molecule has 10 nitrogen and oxygen atoms in total. The lowest BCUT2D eigenvalue weighted by atomic mass is 10.1. The lowest BCUT2D eigenvalue weighted by Crippen LogP contribution is -2.15. The summed E-state index contributed by atoms with van der Waals surface area (Å²) in [6.07, 6.45) is 13.4. The van der Waals surface area contributed by atoms with Crippen LogP contribution in [0.5, 0.6) is 0 Å². The maximum absolute atomic E-state index is 10.3. The van der Waals surface area contributed by atoms with Crippen LogP contribution in [0.2, 0.25) is 0 Å².